The molecule has 0 atom stereocenters. The number of carbonyl (C=O) groups excluding carboxylic acids is 1. The van der Waals surface area contributed by atoms with Crippen LogP contribution in [0.15, 0.2) is 22.7 Å². The number of rotatable bonds is 8. The number of hydrogen-bond acceptors (Lipinski definition) is 6. The van der Waals surface area contributed by atoms with E-state index in [2.05, 4.69) is 10.5 Å². The highest BCUT2D eigenvalue weighted by molar-refractivity contribution is 6.04. The minimum atomic E-state index is -0.506. The van der Waals surface area contributed by atoms with E-state index in [1.54, 1.807) is 19.0 Å². The van der Waals surface area contributed by atoms with Gasteiger partial charge in [-0.1, -0.05) is 5.16 Å². The number of methoxy groups -OCH3 is 1. The van der Waals surface area contributed by atoms with Gasteiger partial charge in [-0.2, -0.15) is 0 Å². The Morgan fingerprint density at radius 1 is 1.40 bits per heavy atom. The molecule has 0 saturated carbocycles. The van der Waals surface area contributed by atoms with Crippen LogP contribution in [0.4, 0.5) is 10.2 Å². The zero-order valence-corrected chi connectivity index (χ0v) is 14.5. The Balaban J connectivity index is 2.37. The molecular formula is C17H22FN3O4. The summed E-state index contributed by atoms with van der Waals surface area (Å²) in [6, 6.07) is 4.20. The molecule has 0 aliphatic heterocycles. The molecule has 0 saturated heterocycles. The van der Waals surface area contributed by atoms with Crippen LogP contribution in [0.5, 0.6) is 5.75 Å². The van der Waals surface area contributed by atoms with Gasteiger partial charge in [0.05, 0.1) is 7.11 Å². The first-order chi connectivity index (χ1) is 12.0. The highest BCUT2D eigenvalue weighted by Gasteiger charge is 2.25. The molecule has 1 aromatic heterocycles. The van der Waals surface area contributed by atoms with Crippen molar-refractivity contribution < 1.29 is 23.6 Å². The Hall–Kier alpha value is -2.61. The minimum absolute atomic E-state index is 0.0506. The van der Waals surface area contributed by atoms with Gasteiger partial charge >= 0.3 is 0 Å². The zero-order chi connectivity index (χ0) is 18.4. The zero-order valence-electron chi connectivity index (χ0n) is 14.5. The van der Waals surface area contributed by atoms with Crippen LogP contribution in [0.25, 0.3) is 11.3 Å². The van der Waals surface area contributed by atoms with E-state index in [0.717, 1.165) is 0 Å². The third kappa shape index (κ3) is 4.27. The number of benzene rings is 1. The molecule has 1 aromatic carbocycles. The fourth-order valence-corrected chi connectivity index (χ4v) is 2.32. The lowest BCUT2D eigenvalue weighted by atomic mass is 10.1. The standard InChI is InChI=1S/C17H22FN3O4/c1-21(2)16-14(17(23)19-8-4-5-9-22)15(25-20-16)11-6-7-12(18)13(10-11)24-3/h6-7,10,22H,4-5,8-9H2,1-3H3,(H,19,23). The first-order valence-electron chi connectivity index (χ1n) is 7.89. The summed E-state index contributed by atoms with van der Waals surface area (Å²) in [6.45, 7) is 0.496. The van der Waals surface area contributed by atoms with Gasteiger partial charge in [-0.3, -0.25) is 4.79 Å². The highest BCUT2D eigenvalue weighted by Crippen LogP contribution is 2.33. The van der Waals surface area contributed by atoms with Crippen molar-refractivity contribution in [2.45, 2.75) is 12.8 Å². The summed E-state index contributed by atoms with van der Waals surface area (Å²) >= 11 is 0. The molecule has 2 aromatic rings. The van der Waals surface area contributed by atoms with Crippen LogP contribution in [0, 0.1) is 5.82 Å². The van der Waals surface area contributed by atoms with Crippen molar-refractivity contribution in [1.29, 1.82) is 0 Å². The second-order valence-electron chi connectivity index (χ2n) is 5.64. The highest BCUT2D eigenvalue weighted by atomic mass is 19.1. The van der Waals surface area contributed by atoms with Gasteiger partial charge in [0, 0.05) is 32.8 Å². The number of halogens is 1. The fourth-order valence-electron chi connectivity index (χ4n) is 2.32. The molecule has 0 spiro atoms. The molecule has 0 bridgehead atoms. The second kappa shape index (κ2) is 8.48. The third-order valence-corrected chi connectivity index (χ3v) is 3.61. The van der Waals surface area contributed by atoms with Crippen molar-refractivity contribution in [3.63, 3.8) is 0 Å². The molecule has 2 N–H and O–H groups in total. The molecule has 0 aliphatic carbocycles. The van der Waals surface area contributed by atoms with Crippen LogP contribution in [-0.2, 0) is 0 Å². The molecule has 136 valence electrons. The molecule has 2 rings (SSSR count). The van der Waals surface area contributed by atoms with Crippen molar-refractivity contribution >= 4 is 11.7 Å². The monoisotopic (exact) mass is 351 g/mol. The Morgan fingerprint density at radius 2 is 2.16 bits per heavy atom. The maximum absolute atomic E-state index is 13.6. The van der Waals surface area contributed by atoms with Gasteiger partial charge in [-0.25, -0.2) is 4.39 Å². The number of unbranched alkanes of at least 4 members (excludes halogenated alkanes) is 1. The van der Waals surface area contributed by atoms with Crippen molar-refractivity contribution in [1.82, 2.24) is 10.5 Å². The number of aromatic nitrogens is 1. The van der Waals surface area contributed by atoms with E-state index in [1.807, 2.05) is 0 Å². The Morgan fingerprint density at radius 3 is 2.80 bits per heavy atom. The van der Waals surface area contributed by atoms with Crippen molar-refractivity contribution in [3.8, 4) is 17.1 Å². The summed E-state index contributed by atoms with van der Waals surface area (Å²) < 4.78 is 24.0. The van der Waals surface area contributed by atoms with Crippen LogP contribution in [0.3, 0.4) is 0 Å². The lowest BCUT2D eigenvalue weighted by molar-refractivity contribution is 0.0952. The van der Waals surface area contributed by atoms with Crippen LogP contribution >= 0.6 is 0 Å². The quantitative estimate of drug-likeness (QED) is 0.708. The van der Waals surface area contributed by atoms with Gasteiger partial charge < -0.3 is 24.6 Å². The van der Waals surface area contributed by atoms with Gasteiger partial charge in [0.15, 0.2) is 23.1 Å². The smallest absolute Gasteiger partial charge is 0.259 e. The van der Waals surface area contributed by atoms with Crippen molar-refractivity contribution in [3.05, 3.63) is 29.6 Å². The second-order valence-corrected chi connectivity index (χ2v) is 5.64. The van der Waals surface area contributed by atoms with Gasteiger partial charge in [-0.15, -0.1) is 0 Å². The van der Waals surface area contributed by atoms with Crippen molar-refractivity contribution in [2.75, 3.05) is 39.3 Å². The van der Waals surface area contributed by atoms with E-state index in [-0.39, 0.29) is 29.6 Å². The molecule has 1 heterocycles. The molecular weight excluding hydrogens is 329 g/mol. The number of nitrogens with one attached hydrogen (secondary N) is 1. The molecule has 1 amide bonds. The molecule has 0 fully saturated rings. The maximum Gasteiger partial charge on any atom is 0.259 e. The summed E-state index contributed by atoms with van der Waals surface area (Å²) in [5, 5.41) is 15.5. The SMILES string of the molecule is COc1cc(-c2onc(N(C)C)c2C(=O)NCCCCO)ccc1F. The molecule has 0 radical (unpaired) electrons. The minimum Gasteiger partial charge on any atom is -0.494 e. The molecule has 0 aliphatic rings. The Bertz CT molecular complexity index is 731. The number of aliphatic hydroxyl groups is 1. The summed E-state index contributed by atoms with van der Waals surface area (Å²) in [5.41, 5.74) is 0.752. The number of aliphatic hydroxyl groups excluding tert-OH is 1. The summed E-state index contributed by atoms with van der Waals surface area (Å²) in [6.07, 6.45) is 1.26. The average Bonchev–Trinajstić information content (AvgIpc) is 3.04. The summed E-state index contributed by atoms with van der Waals surface area (Å²) in [5.74, 6) is -0.191. The van der Waals surface area contributed by atoms with E-state index < -0.39 is 5.82 Å². The largest absolute Gasteiger partial charge is 0.494 e. The Labute approximate surface area is 145 Å². The van der Waals surface area contributed by atoms with E-state index in [4.69, 9.17) is 14.4 Å². The third-order valence-electron chi connectivity index (χ3n) is 3.61. The number of hydrogen-bond donors (Lipinski definition) is 2. The Kier molecular flexibility index (Phi) is 6.35. The predicted molar refractivity (Wildman–Crippen MR) is 91.4 cm³/mol. The van der Waals surface area contributed by atoms with Crippen LogP contribution < -0.4 is 15.0 Å². The van der Waals surface area contributed by atoms with Crippen LogP contribution in [-0.4, -0.2) is 50.5 Å². The lowest BCUT2D eigenvalue weighted by Gasteiger charge is -2.11. The van der Waals surface area contributed by atoms with E-state index >= 15 is 0 Å². The van der Waals surface area contributed by atoms with Gasteiger partial charge in [0.25, 0.3) is 5.91 Å². The van der Waals surface area contributed by atoms with E-state index in [0.29, 0.717) is 30.8 Å². The van der Waals surface area contributed by atoms with Gasteiger partial charge in [0.1, 0.15) is 5.56 Å². The van der Waals surface area contributed by atoms with Gasteiger partial charge in [0.2, 0.25) is 0 Å². The average molecular weight is 351 g/mol. The number of anilines is 1. The normalized spacial score (nSPS) is 10.6. The predicted octanol–water partition coefficient (Wildman–Crippen LogP) is 2.06. The molecule has 25 heavy (non-hydrogen) atoms. The lowest BCUT2D eigenvalue weighted by Crippen LogP contribution is -2.26. The first kappa shape index (κ1) is 18.7. The van der Waals surface area contributed by atoms with Crippen LogP contribution in [0.2, 0.25) is 0 Å². The van der Waals surface area contributed by atoms with E-state index in [9.17, 15) is 9.18 Å². The topological polar surface area (TPSA) is 87.8 Å². The first-order valence-corrected chi connectivity index (χ1v) is 7.89. The molecule has 7 nitrogen and oxygen atoms in total. The maximum atomic E-state index is 13.6. The number of ether oxygens (including phenoxy) is 1. The molecule has 8 heteroatoms. The van der Waals surface area contributed by atoms with Gasteiger partial charge in [-0.05, 0) is 31.0 Å². The van der Waals surface area contributed by atoms with E-state index in [1.165, 1.54) is 25.3 Å². The number of nitrogens with zero attached hydrogens (tertiary/aromatic N) is 2. The fraction of sp³-hybridized carbons (Fsp3) is 0.412. The summed E-state index contributed by atoms with van der Waals surface area (Å²) in [7, 11) is 4.85. The van der Waals surface area contributed by atoms with Crippen molar-refractivity contribution in [2.24, 2.45) is 0 Å². The van der Waals surface area contributed by atoms with Crippen LogP contribution in [0.1, 0.15) is 23.2 Å². The molecule has 0 unspecified atom stereocenters. The summed E-state index contributed by atoms with van der Waals surface area (Å²) in [4.78, 5) is 14.3. The number of carbonyl (C=O) groups is 1. The number of amides is 1.